The molecule has 1 rings (SSSR count). The molecule has 2 atom stereocenters. The van der Waals surface area contributed by atoms with Gasteiger partial charge in [-0.2, -0.15) is 0 Å². The van der Waals surface area contributed by atoms with Crippen LogP contribution in [0, 0.1) is 0 Å². The second kappa shape index (κ2) is 6.63. The largest absolute Gasteiger partial charge is 0.383 e. The van der Waals surface area contributed by atoms with Gasteiger partial charge in [-0.15, -0.1) is 11.3 Å². The molecule has 0 unspecified atom stereocenters. The van der Waals surface area contributed by atoms with Crippen LogP contribution in [0.25, 0.3) is 0 Å². The van der Waals surface area contributed by atoms with E-state index in [0.29, 0.717) is 12.1 Å². The quantitative estimate of drug-likeness (QED) is 0.865. The smallest absolute Gasteiger partial charge is 0.0701 e. The number of halogens is 1. The summed E-state index contributed by atoms with van der Waals surface area (Å²) in [6.45, 7) is 5.14. The summed E-state index contributed by atoms with van der Waals surface area (Å²) in [6, 6.07) is 5.08. The average Bonchev–Trinajstić information content (AvgIpc) is 2.64. The molecule has 0 amide bonds. The summed E-state index contributed by atoms with van der Waals surface area (Å²) in [4.78, 5) is 1.36. The molecule has 0 aliphatic heterocycles. The zero-order valence-corrected chi connectivity index (χ0v) is 11.8. The molecular formula is C11H18BrNOS. The topological polar surface area (TPSA) is 21.3 Å². The summed E-state index contributed by atoms with van der Waals surface area (Å²) >= 11 is 5.26. The number of ether oxygens (including phenoxy) is 1. The highest BCUT2D eigenvalue weighted by Gasteiger charge is 2.12. The van der Waals surface area contributed by atoms with Crippen molar-refractivity contribution in [3.8, 4) is 0 Å². The molecule has 15 heavy (non-hydrogen) atoms. The Morgan fingerprint density at radius 2 is 2.27 bits per heavy atom. The second-order valence-corrected chi connectivity index (χ2v) is 6.09. The van der Waals surface area contributed by atoms with Gasteiger partial charge in [0.1, 0.15) is 0 Å². The van der Waals surface area contributed by atoms with Gasteiger partial charge in [-0.05, 0) is 41.4 Å². The Kier molecular flexibility index (Phi) is 5.82. The van der Waals surface area contributed by atoms with Crippen LogP contribution >= 0.6 is 27.3 Å². The van der Waals surface area contributed by atoms with Crippen LogP contribution in [0.15, 0.2) is 15.9 Å². The highest BCUT2D eigenvalue weighted by molar-refractivity contribution is 9.11. The van der Waals surface area contributed by atoms with Crippen LogP contribution in [-0.2, 0) is 4.74 Å². The first-order valence-corrected chi connectivity index (χ1v) is 6.78. The zero-order chi connectivity index (χ0) is 11.3. The molecule has 86 valence electrons. The fourth-order valence-electron chi connectivity index (χ4n) is 1.48. The molecule has 2 nitrogen and oxygen atoms in total. The van der Waals surface area contributed by atoms with E-state index in [0.717, 1.165) is 13.0 Å². The zero-order valence-electron chi connectivity index (χ0n) is 9.42. The molecule has 1 N–H and O–H groups in total. The molecule has 0 radical (unpaired) electrons. The van der Waals surface area contributed by atoms with Gasteiger partial charge in [0.2, 0.25) is 0 Å². The third-order valence-corrected chi connectivity index (χ3v) is 4.17. The molecule has 0 saturated heterocycles. The van der Waals surface area contributed by atoms with Crippen molar-refractivity contribution in [2.75, 3.05) is 13.7 Å². The van der Waals surface area contributed by atoms with Crippen LogP contribution in [0.2, 0.25) is 0 Å². The summed E-state index contributed by atoms with van der Waals surface area (Å²) in [7, 11) is 1.75. The fraction of sp³-hybridized carbons (Fsp3) is 0.636. The highest BCUT2D eigenvalue weighted by atomic mass is 79.9. The van der Waals surface area contributed by atoms with E-state index in [1.165, 1.54) is 8.66 Å². The van der Waals surface area contributed by atoms with E-state index in [-0.39, 0.29) is 0 Å². The molecule has 1 aromatic rings. The summed E-state index contributed by atoms with van der Waals surface area (Å²) in [5.41, 5.74) is 0. The minimum absolute atomic E-state index is 0.390. The van der Waals surface area contributed by atoms with Gasteiger partial charge in [-0.3, -0.25) is 0 Å². The maximum absolute atomic E-state index is 5.17. The SMILES string of the molecule is CC[C@@H](COC)N[C@H](C)c1ccc(Br)s1. The monoisotopic (exact) mass is 291 g/mol. The Balaban J connectivity index is 2.50. The van der Waals surface area contributed by atoms with E-state index in [1.807, 2.05) is 0 Å². The van der Waals surface area contributed by atoms with Crippen LogP contribution in [0.3, 0.4) is 0 Å². The Morgan fingerprint density at radius 3 is 2.73 bits per heavy atom. The van der Waals surface area contributed by atoms with Crippen LogP contribution in [0.5, 0.6) is 0 Å². The third-order valence-electron chi connectivity index (χ3n) is 2.37. The summed E-state index contributed by atoms with van der Waals surface area (Å²) in [5, 5.41) is 3.56. The van der Waals surface area contributed by atoms with Crippen LogP contribution in [-0.4, -0.2) is 19.8 Å². The number of thiophene rings is 1. The molecule has 0 aliphatic carbocycles. The molecule has 4 heteroatoms. The van der Waals surface area contributed by atoms with Crippen molar-refractivity contribution < 1.29 is 4.74 Å². The summed E-state index contributed by atoms with van der Waals surface area (Å²) in [5.74, 6) is 0. The predicted octanol–water partition coefficient (Wildman–Crippen LogP) is 3.59. The van der Waals surface area contributed by atoms with Crippen molar-refractivity contribution in [2.24, 2.45) is 0 Å². The number of methoxy groups -OCH3 is 1. The van der Waals surface area contributed by atoms with Crippen molar-refractivity contribution in [3.63, 3.8) is 0 Å². The first kappa shape index (κ1) is 13.2. The van der Waals surface area contributed by atoms with E-state index in [1.54, 1.807) is 18.4 Å². The number of nitrogens with one attached hydrogen (secondary N) is 1. The average molecular weight is 292 g/mol. The van der Waals surface area contributed by atoms with Gasteiger partial charge in [0, 0.05) is 24.1 Å². The number of rotatable bonds is 6. The normalized spacial score (nSPS) is 15.2. The van der Waals surface area contributed by atoms with Gasteiger partial charge in [-0.1, -0.05) is 6.92 Å². The number of hydrogen-bond acceptors (Lipinski definition) is 3. The second-order valence-electron chi connectivity index (χ2n) is 3.59. The molecule has 0 fully saturated rings. The van der Waals surface area contributed by atoms with Crippen molar-refractivity contribution in [1.29, 1.82) is 0 Å². The van der Waals surface area contributed by atoms with Gasteiger partial charge >= 0.3 is 0 Å². The Labute approximate surface area is 104 Å². The van der Waals surface area contributed by atoms with Gasteiger partial charge < -0.3 is 10.1 Å². The van der Waals surface area contributed by atoms with Gasteiger partial charge in [-0.25, -0.2) is 0 Å². The van der Waals surface area contributed by atoms with E-state index in [4.69, 9.17) is 4.74 Å². The summed E-state index contributed by atoms with van der Waals surface area (Å²) < 4.78 is 6.35. The number of hydrogen-bond donors (Lipinski definition) is 1. The highest BCUT2D eigenvalue weighted by Crippen LogP contribution is 2.27. The van der Waals surface area contributed by atoms with Gasteiger partial charge in [0.15, 0.2) is 0 Å². The standard InChI is InChI=1S/C11H18BrNOS/c1-4-9(7-14-3)13-8(2)10-5-6-11(12)15-10/h5-6,8-9,13H,4,7H2,1-3H3/t8-,9+/m1/s1. The minimum Gasteiger partial charge on any atom is -0.383 e. The molecular weight excluding hydrogens is 274 g/mol. The Morgan fingerprint density at radius 1 is 1.53 bits per heavy atom. The van der Waals surface area contributed by atoms with E-state index in [9.17, 15) is 0 Å². The maximum Gasteiger partial charge on any atom is 0.0701 e. The molecule has 0 spiro atoms. The maximum atomic E-state index is 5.17. The van der Waals surface area contributed by atoms with Crippen molar-refractivity contribution >= 4 is 27.3 Å². The van der Waals surface area contributed by atoms with Crippen molar-refractivity contribution in [1.82, 2.24) is 5.32 Å². The molecule has 0 aliphatic rings. The Bertz CT molecular complexity index is 290. The lowest BCUT2D eigenvalue weighted by atomic mass is 10.2. The minimum atomic E-state index is 0.390. The molecule has 0 aromatic carbocycles. The lowest BCUT2D eigenvalue weighted by molar-refractivity contribution is 0.160. The lowest BCUT2D eigenvalue weighted by Crippen LogP contribution is -2.34. The van der Waals surface area contributed by atoms with Gasteiger partial charge in [0.25, 0.3) is 0 Å². The molecule has 0 saturated carbocycles. The molecule has 0 bridgehead atoms. The first-order chi connectivity index (χ1) is 7.17. The Hall–Kier alpha value is 0.1000. The van der Waals surface area contributed by atoms with E-state index < -0.39 is 0 Å². The van der Waals surface area contributed by atoms with Crippen LogP contribution in [0.4, 0.5) is 0 Å². The fourth-order valence-corrected chi connectivity index (χ4v) is 2.92. The van der Waals surface area contributed by atoms with Crippen molar-refractivity contribution in [3.05, 3.63) is 20.8 Å². The van der Waals surface area contributed by atoms with E-state index >= 15 is 0 Å². The summed E-state index contributed by atoms with van der Waals surface area (Å²) in [6.07, 6.45) is 1.09. The van der Waals surface area contributed by atoms with Gasteiger partial charge in [0.05, 0.1) is 10.4 Å². The van der Waals surface area contributed by atoms with E-state index in [2.05, 4.69) is 47.2 Å². The first-order valence-electron chi connectivity index (χ1n) is 5.17. The third kappa shape index (κ3) is 4.23. The predicted molar refractivity (Wildman–Crippen MR) is 69.5 cm³/mol. The molecule has 1 aromatic heterocycles. The van der Waals surface area contributed by atoms with Crippen LogP contribution in [0.1, 0.15) is 31.2 Å². The van der Waals surface area contributed by atoms with Crippen molar-refractivity contribution in [2.45, 2.75) is 32.4 Å². The molecule has 1 heterocycles. The van der Waals surface area contributed by atoms with Crippen LogP contribution < -0.4 is 5.32 Å². The lowest BCUT2D eigenvalue weighted by Gasteiger charge is -2.20.